The largest absolute Gasteiger partial charge is 0.493 e. The van der Waals surface area contributed by atoms with E-state index in [-0.39, 0.29) is 0 Å². The number of ether oxygens (including phenoxy) is 1. The molecule has 0 amide bonds. The molecule has 1 aromatic carbocycles. The highest BCUT2D eigenvalue weighted by atomic mass is 16.5. The third-order valence-electron chi connectivity index (χ3n) is 2.66. The Hall–Kier alpha value is -2.03. The maximum Gasteiger partial charge on any atom is 0.119 e. The summed E-state index contributed by atoms with van der Waals surface area (Å²) in [7, 11) is 0. The number of aromatic nitrogens is 1. The van der Waals surface area contributed by atoms with Crippen molar-refractivity contribution in [2.45, 2.75) is 20.3 Å². The van der Waals surface area contributed by atoms with Crippen LogP contribution in [-0.4, -0.2) is 11.6 Å². The summed E-state index contributed by atoms with van der Waals surface area (Å²) in [6.07, 6.45) is 0.812. The molecule has 1 aromatic heterocycles. The third-order valence-corrected chi connectivity index (χ3v) is 2.66. The van der Waals surface area contributed by atoms with E-state index in [9.17, 15) is 0 Å². The van der Waals surface area contributed by atoms with Gasteiger partial charge in [0, 0.05) is 23.5 Å². The number of nitrogens with two attached hydrogens (primary N) is 1. The zero-order valence-electron chi connectivity index (χ0n) is 10.8. The summed E-state index contributed by atoms with van der Waals surface area (Å²) < 4.78 is 5.65. The summed E-state index contributed by atoms with van der Waals surface area (Å²) in [6, 6.07) is 11.6. The van der Waals surface area contributed by atoms with Crippen molar-refractivity contribution in [2.75, 3.05) is 12.3 Å². The van der Waals surface area contributed by atoms with Crippen LogP contribution in [0.25, 0.3) is 0 Å². The molecule has 0 spiro atoms. The quantitative estimate of drug-likeness (QED) is 0.839. The van der Waals surface area contributed by atoms with Crippen LogP contribution in [0.5, 0.6) is 5.75 Å². The zero-order valence-corrected chi connectivity index (χ0v) is 10.8. The molecular weight excluding hydrogens is 224 g/mol. The van der Waals surface area contributed by atoms with Gasteiger partial charge >= 0.3 is 0 Å². The topological polar surface area (TPSA) is 48.1 Å². The summed E-state index contributed by atoms with van der Waals surface area (Å²) in [5.74, 6) is 0.841. The molecule has 3 nitrogen and oxygen atoms in total. The SMILES string of the molecule is Cc1cc(C)nc(CCOc2ccc(N)cc2)c1. The molecule has 0 bridgehead atoms. The van der Waals surface area contributed by atoms with Crippen LogP contribution >= 0.6 is 0 Å². The number of rotatable bonds is 4. The predicted octanol–water partition coefficient (Wildman–Crippen LogP) is 2.90. The van der Waals surface area contributed by atoms with E-state index < -0.39 is 0 Å². The van der Waals surface area contributed by atoms with Crippen LogP contribution in [-0.2, 0) is 6.42 Å². The van der Waals surface area contributed by atoms with E-state index in [1.807, 2.05) is 31.2 Å². The molecule has 0 saturated heterocycles. The van der Waals surface area contributed by atoms with Crippen molar-refractivity contribution in [3.63, 3.8) is 0 Å². The lowest BCUT2D eigenvalue weighted by atomic mass is 10.2. The van der Waals surface area contributed by atoms with E-state index in [1.54, 1.807) is 0 Å². The Morgan fingerprint density at radius 3 is 2.50 bits per heavy atom. The molecule has 0 atom stereocenters. The van der Waals surface area contributed by atoms with Gasteiger partial charge in [-0.15, -0.1) is 0 Å². The van der Waals surface area contributed by atoms with Gasteiger partial charge in [-0.25, -0.2) is 0 Å². The van der Waals surface area contributed by atoms with Gasteiger partial charge in [0.2, 0.25) is 0 Å². The fourth-order valence-corrected chi connectivity index (χ4v) is 1.89. The number of anilines is 1. The van der Waals surface area contributed by atoms with Gasteiger partial charge in [0.25, 0.3) is 0 Å². The molecule has 0 aliphatic carbocycles. The van der Waals surface area contributed by atoms with Crippen LogP contribution in [0.2, 0.25) is 0 Å². The molecule has 2 N–H and O–H groups in total. The fraction of sp³-hybridized carbons (Fsp3) is 0.267. The number of nitrogens with zero attached hydrogens (tertiary/aromatic N) is 1. The van der Waals surface area contributed by atoms with Crippen LogP contribution in [0.4, 0.5) is 5.69 Å². The molecule has 0 unspecified atom stereocenters. The van der Waals surface area contributed by atoms with Crippen LogP contribution in [0, 0.1) is 13.8 Å². The van der Waals surface area contributed by atoms with Gasteiger partial charge < -0.3 is 10.5 Å². The van der Waals surface area contributed by atoms with Gasteiger partial charge in [0.1, 0.15) is 5.75 Å². The summed E-state index contributed by atoms with van der Waals surface area (Å²) in [5.41, 5.74) is 9.73. The number of hydrogen-bond donors (Lipinski definition) is 1. The van der Waals surface area contributed by atoms with Gasteiger partial charge in [-0.05, 0) is 55.8 Å². The monoisotopic (exact) mass is 242 g/mol. The van der Waals surface area contributed by atoms with Crippen molar-refractivity contribution in [3.8, 4) is 5.75 Å². The van der Waals surface area contributed by atoms with Crippen molar-refractivity contribution in [1.82, 2.24) is 4.98 Å². The molecular formula is C15H18N2O. The van der Waals surface area contributed by atoms with E-state index in [0.29, 0.717) is 6.61 Å². The minimum Gasteiger partial charge on any atom is -0.493 e. The molecule has 0 saturated carbocycles. The average molecular weight is 242 g/mol. The standard InChI is InChI=1S/C15H18N2O/c1-11-9-12(2)17-14(10-11)7-8-18-15-5-3-13(16)4-6-15/h3-6,9-10H,7-8,16H2,1-2H3. The first-order chi connectivity index (χ1) is 8.63. The Bertz CT molecular complexity index is 500. The molecule has 3 heteroatoms. The lowest BCUT2D eigenvalue weighted by Crippen LogP contribution is -2.04. The first kappa shape index (κ1) is 12.4. The van der Waals surface area contributed by atoms with Crippen molar-refractivity contribution in [2.24, 2.45) is 0 Å². The number of hydrogen-bond acceptors (Lipinski definition) is 3. The summed E-state index contributed by atoms with van der Waals surface area (Å²) in [4.78, 5) is 4.48. The molecule has 18 heavy (non-hydrogen) atoms. The fourth-order valence-electron chi connectivity index (χ4n) is 1.89. The Balaban J connectivity index is 1.90. The summed E-state index contributed by atoms with van der Waals surface area (Å²) >= 11 is 0. The Kier molecular flexibility index (Phi) is 3.82. The number of pyridine rings is 1. The maximum atomic E-state index is 5.65. The maximum absolute atomic E-state index is 5.65. The van der Waals surface area contributed by atoms with Gasteiger partial charge in [-0.2, -0.15) is 0 Å². The smallest absolute Gasteiger partial charge is 0.119 e. The van der Waals surface area contributed by atoms with Crippen molar-refractivity contribution in [3.05, 3.63) is 53.3 Å². The second-order valence-electron chi connectivity index (χ2n) is 4.44. The van der Waals surface area contributed by atoms with Crippen molar-refractivity contribution >= 4 is 5.69 Å². The molecule has 2 aromatic rings. The molecule has 2 rings (SSSR count). The van der Waals surface area contributed by atoms with Crippen molar-refractivity contribution < 1.29 is 4.74 Å². The number of benzene rings is 1. The molecule has 0 fully saturated rings. The first-order valence-corrected chi connectivity index (χ1v) is 6.06. The van der Waals surface area contributed by atoms with Gasteiger partial charge in [-0.1, -0.05) is 0 Å². The van der Waals surface area contributed by atoms with Crippen LogP contribution in [0.3, 0.4) is 0 Å². The number of nitrogen functional groups attached to an aromatic ring is 1. The second kappa shape index (κ2) is 5.54. The van der Waals surface area contributed by atoms with Crippen molar-refractivity contribution in [1.29, 1.82) is 0 Å². The summed E-state index contributed by atoms with van der Waals surface area (Å²) in [6.45, 7) is 4.72. The minimum absolute atomic E-state index is 0.625. The van der Waals surface area contributed by atoms with Crippen LogP contribution in [0.15, 0.2) is 36.4 Å². The zero-order chi connectivity index (χ0) is 13.0. The Morgan fingerprint density at radius 2 is 1.83 bits per heavy atom. The third kappa shape index (κ3) is 3.48. The highest BCUT2D eigenvalue weighted by Gasteiger charge is 1.99. The van der Waals surface area contributed by atoms with Gasteiger partial charge in [-0.3, -0.25) is 4.98 Å². The highest BCUT2D eigenvalue weighted by molar-refractivity contribution is 5.41. The highest BCUT2D eigenvalue weighted by Crippen LogP contribution is 2.13. The van der Waals surface area contributed by atoms with E-state index in [1.165, 1.54) is 5.56 Å². The van der Waals surface area contributed by atoms with E-state index in [0.717, 1.165) is 29.2 Å². The normalized spacial score (nSPS) is 10.3. The average Bonchev–Trinajstić information content (AvgIpc) is 2.30. The van der Waals surface area contributed by atoms with E-state index >= 15 is 0 Å². The van der Waals surface area contributed by atoms with E-state index in [2.05, 4.69) is 24.0 Å². The molecule has 94 valence electrons. The molecule has 1 heterocycles. The Morgan fingerprint density at radius 1 is 1.11 bits per heavy atom. The second-order valence-corrected chi connectivity index (χ2v) is 4.44. The molecule has 0 aliphatic heterocycles. The lowest BCUT2D eigenvalue weighted by Gasteiger charge is -2.07. The summed E-state index contributed by atoms with van der Waals surface area (Å²) in [5, 5.41) is 0. The first-order valence-electron chi connectivity index (χ1n) is 6.06. The van der Waals surface area contributed by atoms with Gasteiger partial charge in [0.05, 0.1) is 6.61 Å². The predicted molar refractivity (Wildman–Crippen MR) is 73.8 cm³/mol. The minimum atomic E-state index is 0.625. The lowest BCUT2D eigenvalue weighted by molar-refractivity contribution is 0.320. The van der Waals surface area contributed by atoms with Crippen LogP contribution in [0.1, 0.15) is 17.0 Å². The van der Waals surface area contributed by atoms with E-state index in [4.69, 9.17) is 10.5 Å². The molecule has 0 aliphatic rings. The van der Waals surface area contributed by atoms with Gasteiger partial charge in [0.15, 0.2) is 0 Å². The number of aryl methyl sites for hydroxylation is 2. The van der Waals surface area contributed by atoms with Crippen LogP contribution < -0.4 is 10.5 Å². The molecule has 0 radical (unpaired) electrons. The Labute approximate surface area is 108 Å².